The summed E-state index contributed by atoms with van der Waals surface area (Å²) in [6, 6.07) is 10.9. The average Bonchev–Trinajstić information content (AvgIpc) is 2.57. The van der Waals surface area contributed by atoms with Crippen molar-refractivity contribution in [1.29, 1.82) is 0 Å². The van der Waals surface area contributed by atoms with Crippen LogP contribution >= 0.6 is 0 Å². The summed E-state index contributed by atoms with van der Waals surface area (Å²) in [6.07, 6.45) is 18.8. The van der Waals surface area contributed by atoms with E-state index in [1.165, 1.54) is 82.6 Å². The molecule has 0 aliphatic carbocycles. The van der Waals surface area contributed by atoms with Crippen LogP contribution in [0.25, 0.3) is 5.57 Å². The van der Waals surface area contributed by atoms with Crippen LogP contribution in [0.2, 0.25) is 0 Å². The molecule has 0 atom stereocenters. The van der Waals surface area contributed by atoms with Crippen LogP contribution in [0, 0.1) is 0 Å². The highest BCUT2D eigenvalue weighted by molar-refractivity contribution is 5.65. The molecule has 0 aromatic heterocycles. The lowest BCUT2D eigenvalue weighted by Crippen LogP contribution is -1.86. The first-order chi connectivity index (χ1) is 10.9. The highest BCUT2D eigenvalue weighted by atomic mass is 14.1. The maximum Gasteiger partial charge on any atom is -0.0228 e. The molecule has 0 nitrogen and oxygen atoms in total. The molecule has 0 fully saturated rings. The Labute approximate surface area is 139 Å². The van der Waals surface area contributed by atoms with Gasteiger partial charge in [-0.2, -0.15) is 0 Å². The van der Waals surface area contributed by atoms with Crippen molar-refractivity contribution in [3.8, 4) is 0 Å². The SMILES string of the molecule is CCCCCCCCCCC=C(CCCC)c1ccccc1. The minimum Gasteiger partial charge on any atom is -0.0807 e. The first-order valence-electron chi connectivity index (χ1n) is 9.63. The molecule has 0 saturated carbocycles. The van der Waals surface area contributed by atoms with E-state index in [-0.39, 0.29) is 0 Å². The Morgan fingerprint density at radius 1 is 0.727 bits per heavy atom. The second kappa shape index (κ2) is 13.6. The fourth-order valence-corrected chi connectivity index (χ4v) is 2.94. The van der Waals surface area contributed by atoms with Crippen molar-refractivity contribution < 1.29 is 0 Å². The van der Waals surface area contributed by atoms with Crippen molar-refractivity contribution in [2.75, 3.05) is 0 Å². The summed E-state index contributed by atoms with van der Waals surface area (Å²) in [4.78, 5) is 0. The molecule has 0 aliphatic rings. The van der Waals surface area contributed by atoms with Crippen molar-refractivity contribution in [3.05, 3.63) is 42.0 Å². The van der Waals surface area contributed by atoms with E-state index in [0.29, 0.717) is 0 Å². The van der Waals surface area contributed by atoms with Gasteiger partial charge in [-0.15, -0.1) is 0 Å². The Morgan fingerprint density at radius 3 is 1.95 bits per heavy atom. The number of hydrogen-bond acceptors (Lipinski definition) is 0. The summed E-state index contributed by atoms with van der Waals surface area (Å²) >= 11 is 0. The molecule has 0 heterocycles. The normalized spacial score (nSPS) is 11.8. The van der Waals surface area contributed by atoms with E-state index in [1.807, 2.05) is 0 Å². The zero-order chi connectivity index (χ0) is 15.9. The largest absolute Gasteiger partial charge is 0.0807 e. The van der Waals surface area contributed by atoms with Gasteiger partial charge in [0, 0.05) is 0 Å². The van der Waals surface area contributed by atoms with Gasteiger partial charge in [0.2, 0.25) is 0 Å². The molecule has 0 unspecified atom stereocenters. The fraction of sp³-hybridized carbons (Fsp3) is 0.636. The predicted molar refractivity (Wildman–Crippen MR) is 101 cm³/mol. The molecular weight excluding hydrogens is 264 g/mol. The molecule has 0 N–H and O–H groups in total. The lowest BCUT2D eigenvalue weighted by atomic mass is 9.98. The molecule has 0 saturated heterocycles. The van der Waals surface area contributed by atoms with E-state index < -0.39 is 0 Å². The van der Waals surface area contributed by atoms with Crippen molar-refractivity contribution in [2.24, 2.45) is 0 Å². The third-order valence-electron chi connectivity index (χ3n) is 4.39. The van der Waals surface area contributed by atoms with Crippen LogP contribution in [0.4, 0.5) is 0 Å². The number of allylic oxidation sites excluding steroid dienone is 2. The van der Waals surface area contributed by atoms with Crippen molar-refractivity contribution in [3.63, 3.8) is 0 Å². The van der Waals surface area contributed by atoms with Crippen LogP contribution in [-0.2, 0) is 0 Å². The maximum absolute atomic E-state index is 2.50. The Kier molecular flexibility index (Phi) is 11.8. The molecule has 0 radical (unpaired) electrons. The van der Waals surface area contributed by atoms with Gasteiger partial charge in [-0.3, -0.25) is 0 Å². The van der Waals surface area contributed by atoms with Gasteiger partial charge >= 0.3 is 0 Å². The molecular formula is C22H36. The molecule has 124 valence electrons. The van der Waals surface area contributed by atoms with E-state index in [0.717, 1.165) is 0 Å². The van der Waals surface area contributed by atoms with Crippen molar-refractivity contribution >= 4 is 5.57 Å². The van der Waals surface area contributed by atoms with E-state index in [2.05, 4.69) is 50.3 Å². The second-order valence-electron chi connectivity index (χ2n) is 6.46. The third kappa shape index (κ3) is 9.07. The number of unbranched alkanes of at least 4 members (excludes halogenated alkanes) is 9. The zero-order valence-electron chi connectivity index (χ0n) is 14.9. The number of rotatable bonds is 13. The Morgan fingerprint density at radius 2 is 1.32 bits per heavy atom. The van der Waals surface area contributed by atoms with Crippen LogP contribution in [0.3, 0.4) is 0 Å². The Bertz CT molecular complexity index is 374. The highest BCUT2D eigenvalue weighted by Gasteiger charge is 2.00. The van der Waals surface area contributed by atoms with Crippen LogP contribution in [0.15, 0.2) is 36.4 Å². The van der Waals surface area contributed by atoms with Crippen LogP contribution in [0.1, 0.15) is 96.5 Å². The molecule has 1 rings (SSSR count). The number of hydrogen-bond donors (Lipinski definition) is 0. The molecule has 1 aromatic carbocycles. The third-order valence-corrected chi connectivity index (χ3v) is 4.39. The van der Waals surface area contributed by atoms with Gasteiger partial charge in [0.05, 0.1) is 0 Å². The van der Waals surface area contributed by atoms with Crippen LogP contribution in [0.5, 0.6) is 0 Å². The molecule has 0 aliphatic heterocycles. The second-order valence-corrected chi connectivity index (χ2v) is 6.46. The predicted octanol–water partition coefficient (Wildman–Crippen LogP) is 7.79. The van der Waals surface area contributed by atoms with Gasteiger partial charge in [-0.05, 0) is 36.8 Å². The molecule has 0 heteroatoms. The molecule has 0 bridgehead atoms. The van der Waals surface area contributed by atoms with Gasteiger partial charge in [0.25, 0.3) is 0 Å². The minimum absolute atomic E-state index is 1.23. The lowest BCUT2D eigenvalue weighted by Gasteiger charge is -2.08. The van der Waals surface area contributed by atoms with E-state index in [1.54, 1.807) is 5.57 Å². The monoisotopic (exact) mass is 300 g/mol. The van der Waals surface area contributed by atoms with Gasteiger partial charge in [0.1, 0.15) is 0 Å². The van der Waals surface area contributed by atoms with Crippen molar-refractivity contribution in [1.82, 2.24) is 0 Å². The van der Waals surface area contributed by atoms with Gasteiger partial charge in [-0.25, -0.2) is 0 Å². The lowest BCUT2D eigenvalue weighted by molar-refractivity contribution is 0.577. The molecule has 1 aromatic rings. The summed E-state index contributed by atoms with van der Waals surface area (Å²) in [5, 5.41) is 0. The summed E-state index contributed by atoms with van der Waals surface area (Å²) in [5.74, 6) is 0. The Hall–Kier alpha value is -1.04. The van der Waals surface area contributed by atoms with E-state index >= 15 is 0 Å². The number of benzene rings is 1. The van der Waals surface area contributed by atoms with Crippen molar-refractivity contribution in [2.45, 2.75) is 90.9 Å². The first-order valence-corrected chi connectivity index (χ1v) is 9.63. The minimum atomic E-state index is 1.23. The molecule has 0 spiro atoms. The average molecular weight is 301 g/mol. The Balaban J connectivity index is 2.24. The molecule has 0 amide bonds. The summed E-state index contributed by atoms with van der Waals surface area (Å²) in [5.41, 5.74) is 2.99. The quantitative estimate of drug-likeness (QED) is 0.326. The van der Waals surface area contributed by atoms with Crippen LogP contribution < -0.4 is 0 Å². The molecule has 22 heavy (non-hydrogen) atoms. The summed E-state index contributed by atoms with van der Waals surface area (Å²) < 4.78 is 0. The zero-order valence-corrected chi connectivity index (χ0v) is 14.9. The highest BCUT2D eigenvalue weighted by Crippen LogP contribution is 2.22. The van der Waals surface area contributed by atoms with E-state index in [4.69, 9.17) is 0 Å². The van der Waals surface area contributed by atoms with Gasteiger partial charge < -0.3 is 0 Å². The maximum atomic E-state index is 2.50. The topological polar surface area (TPSA) is 0 Å². The fourth-order valence-electron chi connectivity index (χ4n) is 2.94. The van der Waals surface area contributed by atoms with Gasteiger partial charge in [-0.1, -0.05) is 102 Å². The summed E-state index contributed by atoms with van der Waals surface area (Å²) in [7, 11) is 0. The first kappa shape index (κ1) is 19.0. The summed E-state index contributed by atoms with van der Waals surface area (Å²) in [6.45, 7) is 4.57. The van der Waals surface area contributed by atoms with E-state index in [9.17, 15) is 0 Å². The van der Waals surface area contributed by atoms with Crippen LogP contribution in [-0.4, -0.2) is 0 Å². The standard InChI is InChI=1S/C22H36/c1-3-5-7-8-9-10-11-12-14-18-21(17-6-4-2)22-19-15-13-16-20-22/h13,15-16,18-20H,3-12,14,17H2,1-2H3. The smallest absolute Gasteiger partial charge is 0.0228 e. The van der Waals surface area contributed by atoms with Gasteiger partial charge in [0.15, 0.2) is 0 Å².